The Hall–Kier alpha value is -2.45. The molecule has 0 spiro atoms. The molecule has 1 heterocycles. The van der Waals surface area contributed by atoms with Gasteiger partial charge in [-0.3, -0.25) is 10.1 Å². The van der Waals surface area contributed by atoms with Crippen LogP contribution in [0.3, 0.4) is 0 Å². The Labute approximate surface area is 171 Å². The minimum absolute atomic E-state index is 0.242. The van der Waals surface area contributed by atoms with Crippen molar-refractivity contribution in [1.29, 1.82) is 0 Å². The Morgan fingerprint density at radius 1 is 1.21 bits per heavy atom. The molecule has 0 fully saturated rings. The second-order valence-electron chi connectivity index (χ2n) is 5.94. The SMILES string of the molecule is CCCCOc1cccc(C(=O)Nc2nnc(SCc3ccccc3F)s2)c1. The predicted octanol–water partition coefficient (Wildman–Crippen LogP) is 5.40. The van der Waals surface area contributed by atoms with Crippen molar-refractivity contribution in [2.75, 3.05) is 11.9 Å². The molecule has 0 radical (unpaired) electrons. The highest BCUT2D eigenvalue weighted by Crippen LogP contribution is 2.29. The van der Waals surface area contributed by atoms with E-state index in [2.05, 4.69) is 22.4 Å². The highest BCUT2D eigenvalue weighted by atomic mass is 32.2. The molecule has 2 aromatic carbocycles. The predicted molar refractivity (Wildman–Crippen MR) is 111 cm³/mol. The molecule has 8 heteroatoms. The van der Waals surface area contributed by atoms with Crippen LogP contribution < -0.4 is 10.1 Å². The Morgan fingerprint density at radius 3 is 2.89 bits per heavy atom. The maximum Gasteiger partial charge on any atom is 0.257 e. The first-order valence-electron chi connectivity index (χ1n) is 8.89. The summed E-state index contributed by atoms with van der Waals surface area (Å²) >= 11 is 2.64. The average Bonchev–Trinajstić information content (AvgIpc) is 3.15. The Balaban J connectivity index is 1.56. The van der Waals surface area contributed by atoms with Crippen molar-refractivity contribution in [3.63, 3.8) is 0 Å². The molecule has 0 aliphatic rings. The summed E-state index contributed by atoms with van der Waals surface area (Å²) in [6, 6.07) is 13.7. The van der Waals surface area contributed by atoms with Gasteiger partial charge in [0, 0.05) is 11.3 Å². The Kier molecular flexibility index (Phi) is 7.39. The number of anilines is 1. The fourth-order valence-electron chi connectivity index (χ4n) is 2.30. The monoisotopic (exact) mass is 417 g/mol. The minimum Gasteiger partial charge on any atom is -0.494 e. The summed E-state index contributed by atoms with van der Waals surface area (Å²) < 4.78 is 20.0. The van der Waals surface area contributed by atoms with E-state index in [1.54, 1.807) is 36.4 Å². The number of rotatable bonds is 9. The molecule has 0 saturated heterocycles. The second-order valence-corrected chi connectivity index (χ2v) is 8.14. The number of unbranched alkanes of at least 4 members (excludes halogenated alkanes) is 1. The first-order valence-corrected chi connectivity index (χ1v) is 10.7. The minimum atomic E-state index is -0.275. The molecule has 5 nitrogen and oxygen atoms in total. The summed E-state index contributed by atoms with van der Waals surface area (Å²) in [7, 11) is 0. The van der Waals surface area contributed by atoms with Crippen molar-refractivity contribution in [3.8, 4) is 5.75 Å². The van der Waals surface area contributed by atoms with Crippen LogP contribution in [-0.2, 0) is 5.75 Å². The summed E-state index contributed by atoms with van der Waals surface area (Å²) in [5.41, 5.74) is 1.10. The number of thioether (sulfide) groups is 1. The van der Waals surface area contributed by atoms with Gasteiger partial charge in [0.1, 0.15) is 11.6 Å². The fraction of sp³-hybridized carbons (Fsp3) is 0.250. The quantitative estimate of drug-likeness (QED) is 0.287. The first kappa shape index (κ1) is 20.3. The normalized spacial score (nSPS) is 10.6. The van der Waals surface area contributed by atoms with Crippen LogP contribution in [0.2, 0.25) is 0 Å². The van der Waals surface area contributed by atoms with Gasteiger partial charge in [-0.2, -0.15) is 0 Å². The lowest BCUT2D eigenvalue weighted by Gasteiger charge is -2.07. The first-order chi connectivity index (χ1) is 13.7. The molecular formula is C20H20FN3O2S2. The van der Waals surface area contributed by atoms with Crippen molar-refractivity contribution >= 4 is 34.1 Å². The van der Waals surface area contributed by atoms with Gasteiger partial charge in [-0.15, -0.1) is 10.2 Å². The number of nitrogens with zero attached hydrogens (tertiary/aromatic N) is 2. The number of ether oxygens (including phenoxy) is 1. The van der Waals surface area contributed by atoms with E-state index >= 15 is 0 Å². The van der Waals surface area contributed by atoms with E-state index in [1.165, 1.54) is 29.2 Å². The van der Waals surface area contributed by atoms with Crippen LogP contribution in [0.25, 0.3) is 0 Å². The van der Waals surface area contributed by atoms with Gasteiger partial charge in [-0.1, -0.05) is 60.7 Å². The van der Waals surface area contributed by atoms with Crippen LogP contribution in [0.1, 0.15) is 35.7 Å². The van der Waals surface area contributed by atoms with Gasteiger partial charge in [0.2, 0.25) is 5.13 Å². The van der Waals surface area contributed by atoms with Crippen LogP contribution >= 0.6 is 23.1 Å². The number of halogens is 1. The largest absolute Gasteiger partial charge is 0.494 e. The standard InChI is InChI=1S/C20H20FN3O2S2/c1-2-3-11-26-16-9-6-8-14(12-16)18(25)22-19-23-24-20(28-19)27-13-15-7-4-5-10-17(15)21/h4-10,12H,2-3,11,13H2,1H3,(H,22,23,25). The number of aromatic nitrogens is 2. The van der Waals surface area contributed by atoms with Crippen molar-refractivity contribution in [2.45, 2.75) is 29.9 Å². The number of hydrogen-bond donors (Lipinski definition) is 1. The summed E-state index contributed by atoms with van der Waals surface area (Å²) in [4.78, 5) is 12.4. The topological polar surface area (TPSA) is 64.1 Å². The molecule has 3 rings (SSSR count). The van der Waals surface area contributed by atoms with E-state index in [9.17, 15) is 9.18 Å². The number of benzene rings is 2. The lowest BCUT2D eigenvalue weighted by atomic mass is 10.2. The van der Waals surface area contributed by atoms with E-state index in [0.29, 0.717) is 38.7 Å². The molecule has 146 valence electrons. The fourth-order valence-corrected chi connectivity index (χ4v) is 4.04. The molecule has 0 aliphatic carbocycles. The van der Waals surface area contributed by atoms with Crippen LogP contribution in [0.5, 0.6) is 5.75 Å². The van der Waals surface area contributed by atoms with Gasteiger partial charge >= 0.3 is 0 Å². The number of carbonyl (C=O) groups excluding carboxylic acids is 1. The van der Waals surface area contributed by atoms with Crippen molar-refractivity contribution in [1.82, 2.24) is 10.2 Å². The van der Waals surface area contributed by atoms with Gasteiger partial charge in [-0.05, 0) is 36.2 Å². The van der Waals surface area contributed by atoms with E-state index < -0.39 is 0 Å². The third kappa shape index (κ3) is 5.77. The number of amides is 1. The highest BCUT2D eigenvalue weighted by molar-refractivity contribution is 8.00. The number of hydrogen-bond acceptors (Lipinski definition) is 6. The van der Waals surface area contributed by atoms with E-state index in [0.717, 1.165) is 12.8 Å². The summed E-state index contributed by atoms with van der Waals surface area (Å²) in [5.74, 6) is 0.600. The van der Waals surface area contributed by atoms with Crippen LogP contribution in [-0.4, -0.2) is 22.7 Å². The second kappa shape index (κ2) is 10.2. The van der Waals surface area contributed by atoms with Crippen molar-refractivity contribution in [2.24, 2.45) is 0 Å². The third-order valence-corrected chi connectivity index (χ3v) is 5.82. The van der Waals surface area contributed by atoms with Crippen molar-refractivity contribution < 1.29 is 13.9 Å². The third-order valence-electron chi connectivity index (χ3n) is 3.80. The maximum absolute atomic E-state index is 13.7. The summed E-state index contributed by atoms with van der Waals surface area (Å²) in [6.07, 6.45) is 2.02. The molecule has 1 aromatic heterocycles. The van der Waals surface area contributed by atoms with Gasteiger partial charge < -0.3 is 4.74 Å². The molecule has 1 amide bonds. The van der Waals surface area contributed by atoms with Gasteiger partial charge in [0.05, 0.1) is 6.61 Å². The maximum atomic E-state index is 13.7. The zero-order valence-electron chi connectivity index (χ0n) is 15.4. The molecule has 28 heavy (non-hydrogen) atoms. The number of nitrogens with one attached hydrogen (secondary N) is 1. The Morgan fingerprint density at radius 2 is 2.07 bits per heavy atom. The van der Waals surface area contributed by atoms with Crippen LogP contribution in [0, 0.1) is 5.82 Å². The van der Waals surface area contributed by atoms with E-state index in [-0.39, 0.29) is 11.7 Å². The zero-order chi connectivity index (χ0) is 19.8. The van der Waals surface area contributed by atoms with E-state index in [1.807, 2.05) is 6.07 Å². The molecule has 0 bridgehead atoms. The molecule has 0 aliphatic heterocycles. The summed E-state index contributed by atoms with van der Waals surface area (Å²) in [6.45, 7) is 2.72. The molecule has 3 aromatic rings. The molecular weight excluding hydrogens is 397 g/mol. The molecule has 1 N–H and O–H groups in total. The van der Waals surface area contributed by atoms with Gasteiger partial charge in [0.25, 0.3) is 5.91 Å². The Bertz CT molecular complexity index is 933. The van der Waals surface area contributed by atoms with Gasteiger partial charge in [0.15, 0.2) is 4.34 Å². The molecule has 0 unspecified atom stereocenters. The molecule has 0 saturated carbocycles. The lowest BCUT2D eigenvalue weighted by molar-refractivity contribution is 0.102. The highest BCUT2D eigenvalue weighted by Gasteiger charge is 2.12. The zero-order valence-corrected chi connectivity index (χ0v) is 17.0. The lowest BCUT2D eigenvalue weighted by Crippen LogP contribution is -2.11. The molecule has 0 atom stereocenters. The van der Waals surface area contributed by atoms with Crippen molar-refractivity contribution in [3.05, 3.63) is 65.5 Å². The smallest absolute Gasteiger partial charge is 0.257 e. The summed E-state index contributed by atoms with van der Waals surface area (Å²) in [5, 5.41) is 11.2. The average molecular weight is 418 g/mol. The number of carbonyl (C=O) groups is 1. The van der Waals surface area contributed by atoms with E-state index in [4.69, 9.17) is 4.74 Å². The van der Waals surface area contributed by atoms with Crippen LogP contribution in [0.4, 0.5) is 9.52 Å². The van der Waals surface area contributed by atoms with Gasteiger partial charge in [-0.25, -0.2) is 4.39 Å². The van der Waals surface area contributed by atoms with Crippen LogP contribution in [0.15, 0.2) is 52.9 Å².